The molecule has 1 amide bonds. The highest BCUT2D eigenvalue weighted by Gasteiger charge is 2.18. The van der Waals surface area contributed by atoms with Crippen molar-refractivity contribution in [2.24, 2.45) is 0 Å². The van der Waals surface area contributed by atoms with Crippen LogP contribution in [0.3, 0.4) is 0 Å². The molecule has 0 radical (unpaired) electrons. The Bertz CT molecular complexity index is 462. The predicted molar refractivity (Wildman–Crippen MR) is 78.8 cm³/mol. The molecule has 0 spiro atoms. The normalized spacial score (nSPS) is 11.9. The number of hydrogen-bond donors (Lipinski definition) is 1. The van der Waals surface area contributed by atoms with Crippen molar-refractivity contribution in [2.45, 2.75) is 26.0 Å². The Morgan fingerprint density at radius 3 is 2.53 bits per heavy atom. The molecule has 0 aromatic heterocycles. The summed E-state index contributed by atoms with van der Waals surface area (Å²) in [7, 11) is 0. The number of aliphatic carboxylic acids is 1. The van der Waals surface area contributed by atoms with Crippen molar-refractivity contribution in [1.29, 1.82) is 0 Å². The lowest BCUT2D eigenvalue weighted by atomic mass is 10.2. The standard InChI is InChI=1S/C14H19NO3S/c1-4-15(12-8-6-5-7-10(12)2)13(16)9-19-11(3)14(17)18/h5-8,11H,4,9H2,1-3H3,(H,17,18). The SMILES string of the molecule is CCN(C(=O)CSC(C)C(=O)O)c1ccccc1C. The van der Waals surface area contributed by atoms with Crippen LogP contribution in [0.25, 0.3) is 0 Å². The van der Waals surface area contributed by atoms with Gasteiger partial charge in [-0.15, -0.1) is 11.8 Å². The molecule has 1 aromatic rings. The van der Waals surface area contributed by atoms with Gasteiger partial charge in [0.05, 0.1) is 11.0 Å². The number of rotatable bonds is 6. The van der Waals surface area contributed by atoms with Gasteiger partial charge in [-0.1, -0.05) is 18.2 Å². The van der Waals surface area contributed by atoms with Gasteiger partial charge < -0.3 is 10.0 Å². The number of benzene rings is 1. The Hall–Kier alpha value is -1.49. The summed E-state index contributed by atoms with van der Waals surface area (Å²) < 4.78 is 0. The summed E-state index contributed by atoms with van der Waals surface area (Å²) in [5, 5.41) is 8.24. The maximum atomic E-state index is 12.2. The van der Waals surface area contributed by atoms with Crippen molar-refractivity contribution in [2.75, 3.05) is 17.2 Å². The predicted octanol–water partition coefficient (Wildman–Crippen LogP) is 2.55. The van der Waals surface area contributed by atoms with Gasteiger partial charge in [-0.05, 0) is 32.4 Å². The largest absolute Gasteiger partial charge is 0.480 e. The van der Waals surface area contributed by atoms with Crippen molar-refractivity contribution in [3.05, 3.63) is 29.8 Å². The van der Waals surface area contributed by atoms with E-state index in [0.717, 1.165) is 23.0 Å². The van der Waals surface area contributed by atoms with E-state index in [9.17, 15) is 9.59 Å². The lowest BCUT2D eigenvalue weighted by Crippen LogP contribution is -2.33. The van der Waals surface area contributed by atoms with E-state index in [0.29, 0.717) is 6.54 Å². The van der Waals surface area contributed by atoms with Gasteiger partial charge in [0.15, 0.2) is 0 Å². The van der Waals surface area contributed by atoms with E-state index in [2.05, 4.69) is 0 Å². The summed E-state index contributed by atoms with van der Waals surface area (Å²) in [5.74, 6) is -0.776. The number of carbonyl (C=O) groups is 2. The van der Waals surface area contributed by atoms with Crippen LogP contribution in [0, 0.1) is 6.92 Å². The van der Waals surface area contributed by atoms with Crippen LogP contribution in [-0.2, 0) is 9.59 Å². The van der Waals surface area contributed by atoms with E-state index < -0.39 is 11.2 Å². The minimum absolute atomic E-state index is 0.0603. The van der Waals surface area contributed by atoms with Crippen LogP contribution in [-0.4, -0.2) is 34.5 Å². The van der Waals surface area contributed by atoms with E-state index in [4.69, 9.17) is 5.11 Å². The third kappa shape index (κ3) is 4.28. The maximum Gasteiger partial charge on any atom is 0.316 e. The molecule has 0 heterocycles. The van der Waals surface area contributed by atoms with Crippen molar-refractivity contribution >= 4 is 29.3 Å². The first-order chi connectivity index (χ1) is 8.97. The van der Waals surface area contributed by atoms with Gasteiger partial charge in [-0.3, -0.25) is 9.59 Å². The quantitative estimate of drug-likeness (QED) is 0.870. The second kappa shape index (κ2) is 7.19. The van der Waals surface area contributed by atoms with Gasteiger partial charge >= 0.3 is 5.97 Å². The molecule has 0 aliphatic rings. The van der Waals surface area contributed by atoms with Crippen molar-refractivity contribution < 1.29 is 14.7 Å². The Kier molecular flexibility index (Phi) is 5.89. The fourth-order valence-corrected chi connectivity index (χ4v) is 2.38. The van der Waals surface area contributed by atoms with E-state index in [1.165, 1.54) is 0 Å². The van der Waals surface area contributed by atoms with Crippen LogP contribution in [0.2, 0.25) is 0 Å². The summed E-state index contributed by atoms with van der Waals surface area (Å²) in [4.78, 5) is 24.6. The van der Waals surface area contributed by atoms with Gasteiger partial charge in [-0.25, -0.2) is 0 Å². The number of carbonyl (C=O) groups excluding carboxylic acids is 1. The third-order valence-corrected chi connectivity index (χ3v) is 3.94. The highest BCUT2D eigenvalue weighted by Crippen LogP contribution is 2.21. The molecule has 104 valence electrons. The topological polar surface area (TPSA) is 57.6 Å². The van der Waals surface area contributed by atoms with E-state index in [1.54, 1.807) is 11.8 Å². The number of aryl methyl sites for hydroxylation is 1. The first kappa shape index (κ1) is 15.6. The Labute approximate surface area is 117 Å². The number of para-hydroxylation sites is 1. The zero-order valence-corrected chi connectivity index (χ0v) is 12.2. The Balaban J connectivity index is 2.73. The molecule has 1 unspecified atom stereocenters. The van der Waals surface area contributed by atoms with Crippen LogP contribution >= 0.6 is 11.8 Å². The fourth-order valence-electron chi connectivity index (χ4n) is 1.69. The average Bonchev–Trinajstić information content (AvgIpc) is 2.38. The van der Waals surface area contributed by atoms with E-state index in [1.807, 2.05) is 38.1 Å². The number of carboxylic acid groups (broad SMARTS) is 1. The summed E-state index contributed by atoms with van der Waals surface area (Å²) in [6, 6.07) is 7.68. The molecule has 0 aliphatic carbocycles. The zero-order valence-electron chi connectivity index (χ0n) is 11.4. The molecule has 1 N–H and O–H groups in total. The van der Waals surface area contributed by atoms with Gasteiger partial charge in [0, 0.05) is 12.2 Å². The van der Waals surface area contributed by atoms with Crippen molar-refractivity contribution in [3.8, 4) is 0 Å². The lowest BCUT2D eigenvalue weighted by Gasteiger charge is -2.23. The number of carboxylic acids is 1. The van der Waals surface area contributed by atoms with Crippen LogP contribution in [0.4, 0.5) is 5.69 Å². The molecule has 1 rings (SSSR count). The number of anilines is 1. The monoisotopic (exact) mass is 281 g/mol. The number of nitrogens with zero attached hydrogens (tertiary/aromatic N) is 1. The average molecular weight is 281 g/mol. The molecule has 0 saturated heterocycles. The summed E-state index contributed by atoms with van der Waals surface area (Å²) in [6.45, 7) is 6.03. The molecule has 19 heavy (non-hydrogen) atoms. The molecule has 4 nitrogen and oxygen atoms in total. The summed E-state index contributed by atoms with van der Waals surface area (Å²) in [5.41, 5.74) is 1.92. The first-order valence-corrected chi connectivity index (χ1v) is 7.22. The number of hydrogen-bond acceptors (Lipinski definition) is 3. The van der Waals surface area contributed by atoms with Crippen LogP contribution in [0.15, 0.2) is 24.3 Å². The molecule has 0 saturated carbocycles. The second-order valence-electron chi connectivity index (χ2n) is 4.22. The Morgan fingerprint density at radius 1 is 1.37 bits per heavy atom. The van der Waals surface area contributed by atoms with Gasteiger partial charge in [0.25, 0.3) is 0 Å². The fraction of sp³-hybridized carbons (Fsp3) is 0.429. The third-order valence-electron chi connectivity index (χ3n) is 2.83. The first-order valence-electron chi connectivity index (χ1n) is 6.17. The second-order valence-corrected chi connectivity index (χ2v) is 5.55. The molecule has 5 heteroatoms. The highest BCUT2D eigenvalue weighted by molar-refractivity contribution is 8.01. The molecule has 1 atom stereocenters. The maximum absolute atomic E-state index is 12.2. The van der Waals surface area contributed by atoms with Crippen LogP contribution in [0.5, 0.6) is 0 Å². The van der Waals surface area contributed by atoms with Crippen molar-refractivity contribution in [3.63, 3.8) is 0 Å². The molecule has 0 fully saturated rings. The van der Waals surface area contributed by atoms with Crippen molar-refractivity contribution in [1.82, 2.24) is 0 Å². The Morgan fingerprint density at radius 2 is 2.00 bits per heavy atom. The van der Waals surface area contributed by atoms with Crippen LogP contribution in [0.1, 0.15) is 19.4 Å². The van der Waals surface area contributed by atoms with Gasteiger partial charge in [0.2, 0.25) is 5.91 Å². The minimum Gasteiger partial charge on any atom is -0.480 e. The zero-order chi connectivity index (χ0) is 14.4. The number of amides is 1. The lowest BCUT2D eigenvalue weighted by molar-refractivity contribution is -0.136. The molecular weight excluding hydrogens is 262 g/mol. The minimum atomic E-state index is -0.892. The molecule has 1 aromatic carbocycles. The van der Waals surface area contributed by atoms with E-state index in [-0.39, 0.29) is 11.7 Å². The van der Waals surface area contributed by atoms with Gasteiger partial charge in [-0.2, -0.15) is 0 Å². The number of thioether (sulfide) groups is 1. The van der Waals surface area contributed by atoms with E-state index >= 15 is 0 Å². The van der Waals surface area contributed by atoms with Crippen LogP contribution < -0.4 is 4.90 Å². The molecule has 0 aliphatic heterocycles. The molecular formula is C14H19NO3S. The summed E-state index contributed by atoms with van der Waals surface area (Å²) in [6.07, 6.45) is 0. The smallest absolute Gasteiger partial charge is 0.316 e. The molecule has 0 bridgehead atoms. The van der Waals surface area contributed by atoms with Gasteiger partial charge in [0.1, 0.15) is 0 Å². The summed E-state index contributed by atoms with van der Waals surface area (Å²) >= 11 is 1.15. The highest BCUT2D eigenvalue weighted by atomic mass is 32.2.